The Morgan fingerprint density at radius 3 is 2.39 bits per heavy atom. The molecule has 1 aliphatic heterocycles. The lowest BCUT2D eigenvalue weighted by molar-refractivity contribution is -0.136. The molecule has 1 aliphatic rings. The van der Waals surface area contributed by atoms with Gasteiger partial charge in [0.1, 0.15) is 6.07 Å². The minimum absolute atomic E-state index is 0.0126. The zero-order chi connectivity index (χ0) is 26.5. The van der Waals surface area contributed by atoms with E-state index in [0.717, 1.165) is 0 Å². The molecule has 0 spiro atoms. The molecule has 11 heteroatoms. The number of piperidine rings is 1. The highest BCUT2D eigenvalue weighted by molar-refractivity contribution is 7.89. The SMILES string of the molecule is CCN(CC)C(=O)C1CCCN(S(=O)(=O)c2ccc(C(=O)Nc3c(C#N)cccc3C(=O)O)cc2)C1. The molecule has 10 nitrogen and oxygen atoms in total. The van der Waals surface area contributed by atoms with Gasteiger partial charge >= 0.3 is 5.97 Å². The molecule has 0 aliphatic carbocycles. The Bertz CT molecular complexity index is 1300. The van der Waals surface area contributed by atoms with Crippen molar-refractivity contribution in [3.05, 3.63) is 59.2 Å². The first-order valence-electron chi connectivity index (χ1n) is 11.6. The maximum Gasteiger partial charge on any atom is 0.337 e. The predicted octanol–water partition coefficient (Wildman–Crippen LogP) is 2.78. The number of hydrogen-bond donors (Lipinski definition) is 2. The minimum atomic E-state index is -3.89. The number of amides is 2. The number of nitrogens with zero attached hydrogens (tertiary/aromatic N) is 3. The van der Waals surface area contributed by atoms with Gasteiger partial charge < -0.3 is 15.3 Å². The number of nitrogens with one attached hydrogen (secondary N) is 1. The number of rotatable bonds is 8. The highest BCUT2D eigenvalue weighted by Crippen LogP contribution is 2.26. The molecule has 1 atom stereocenters. The van der Waals surface area contributed by atoms with E-state index in [4.69, 9.17) is 0 Å². The lowest BCUT2D eigenvalue weighted by Gasteiger charge is -2.33. The maximum absolute atomic E-state index is 13.2. The van der Waals surface area contributed by atoms with Crippen molar-refractivity contribution in [3.8, 4) is 6.07 Å². The van der Waals surface area contributed by atoms with Crippen molar-refractivity contribution in [1.29, 1.82) is 5.26 Å². The van der Waals surface area contributed by atoms with Crippen LogP contribution in [0, 0.1) is 17.2 Å². The molecule has 2 amide bonds. The average Bonchev–Trinajstić information content (AvgIpc) is 2.89. The van der Waals surface area contributed by atoms with Gasteiger partial charge in [0.15, 0.2) is 0 Å². The number of carboxylic acid groups (broad SMARTS) is 1. The molecule has 2 N–H and O–H groups in total. The van der Waals surface area contributed by atoms with E-state index < -0.39 is 27.8 Å². The van der Waals surface area contributed by atoms with Crippen molar-refractivity contribution >= 4 is 33.5 Å². The van der Waals surface area contributed by atoms with Crippen LogP contribution in [0.2, 0.25) is 0 Å². The van der Waals surface area contributed by atoms with E-state index in [0.29, 0.717) is 32.5 Å². The summed E-state index contributed by atoms with van der Waals surface area (Å²) in [6.45, 7) is 5.30. The molecule has 190 valence electrons. The summed E-state index contributed by atoms with van der Waals surface area (Å²) >= 11 is 0. The third-order valence-corrected chi connectivity index (χ3v) is 8.10. The van der Waals surface area contributed by atoms with Gasteiger partial charge in [0.2, 0.25) is 15.9 Å². The second kappa shape index (κ2) is 11.3. The van der Waals surface area contributed by atoms with Gasteiger partial charge in [0.05, 0.1) is 27.6 Å². The van der Waals surface area contributed by atoms with Crippen LogP contribution in [0.3, 0.4) is 0 Å². The number of para-hydroxylation sites is 1. The molecule has 2 aromatic rings. The average molecular weight is 513 g/mol. The standard InChI is InChI=1S/C25H28N4O6S/c1-3-28(4-2)24(31)19-8-6-14-29(16-19)36(34,35)20-12-10-17(11-13-20)23(30)27-22-18(15-26)7-5-9-21(22)25(32)33/h5,7,9-13,19H,3-4,6,8,14,16H2,1-2H3,(H,27,30)(H,32,33). The molecular weight excluding hydrogens is 484 g/mol. The molecule has 1 heterocycles. The summed E-state index contributed by atoms with van der Waals surface area (Å²) in [6.07, 6.45) is 1.20. The number of benzene rings is 2. The fourth-order valence-corrected chi connectivity index (χ4v) is 5.75. The molecule has 2 aromatic carbocycles. The monoisotopic (exact) mass is 512 g/mol. The first-order valence-corrected chi connectivity index (χ1v) is 13.0. The first kappa shape index (κ1) is 26.8. The maximum atomic E-state index is 13.2. The lowest BCUT2D eigenvalue weighted by atomic mass is 9.98. The Labute approximate surface area is 210 Å². The number of sulfonamides is 1. The molecule has 0 aromatic heterocycles. The third-order valence-electron chi connectivity index (χ3n) is 6.22. The van der Waals surface area contributed by atoms with Crippen molar-refractivity contribution in [2.75, 3.05) is 31.5 Å². The van der Waals surface area contributed by atoms with Crippen LogP contribution in [-0.4, -0.2) is 66.7 Å². The van der Waals surface area contributed by atoms with Gasteiger partial charge in [-0.3, -0.25) is 9.59 Å². The molecular formula is C25H28N4O6S. The van der Waals surface area contributed by atoms with Crippen LogP contribution in [0.25, 0.3) is 0 Å². The van der Waals surface area contributed by atoms with Crippen LogP contribution in [0.5, 0.6) is 0 Å². The van der Waals surface area contributed by atoms with E-state index in [1.807, 2.05) is 19.9 Å². The van der Waals surface area contributed by atoms with E-state index in [2.05, 4.69) is 5.32 Å². The van der Waals surface area contributed by atoms with Crippen LogP contribution in [0.1, 0.15) is 53.0 Å². The van der Waals surface area contributed by atoms with Crippen molar-refractivity contribution in [2.24, 2.45) is 5.92 Å². The Morgan fingerprint density at radius 1 is 1.14 bits per heavy atom. The van der Waals surface area contributed by atoms with Gasteiger partial charge in [-0.15, -0.1) is 0 Å². The predicted molar refractivity (Wildman–Crippen MR) is 132 cm³/mol. The van der Waals surface area contributed by atoms with Crippen LogP contribution in [0.15, 0.2) is 47.4 Å². The lowest BCUT2D eigenvalue weighted by Crippen LogP contribution is -2.46. The van der Waals surface area contributed by atoms with E-state index in [1.165, 1.54) is 46.8 Å². The molecule has 1 saturated heterocycles. The van der Waals surface area contributed by atoms with Crippen molar-refractivity contribution in [2.45, 2.75) is 31.6 Å². The van der Waals surface area contributed by atoms with Crippen LogP contribution in [0.4, 0.5) is 5.69 Å². The second-order valence-corrected chi connectivity index (χ2v) is 10.3. The summed E-state index contributed by atoms with van der Waals surface area (Å²) < 4.78 is 27.8. The van der Waals surface area contributed by atoms with Crippen LogP contribution >= 0.6 is 0 Å². The zero-order valence-electron chi connectivity index (χ0n) is 20.1. The third kappa shape index (κ3) is 5.56. The van der Waals surface area contributed by atoms with Gasteiger partial charge in [0, 0.05) is 31.7 Å². The fourth-order valence-electron chi connectivity index (χ4n) is 4.23. The van der Waals surface area contributed by atoms with Crippen molar-refractivity contribution < 1.29 is 27.9 Å². The number of anilines is 1. The molecule has 1 unspecified atom stereocenters. The summed E-state index contributed by atoms with van der Waals surface area (Å²) in [4.78, 5) is 38.7. The van der Waals surface area contributed by atoms with Crippen LogP contribution in [-0.2, 0) is 14.8 Å². The minimum Gasteiger partial charge on any atom is -0.478 e. The normalized spacial score (nSPS) is 16.1. The Balaban J connectivity index is 1.78. The van der Waals surface area contributed by atoms with Gasteiger partial charge in [-0.2, -0.15) is 9.57 Å². The summed E-state index contributed by atoms with van der Waals surface area (Å²) in [6, 6.07) is 11.1. The highest BCUT2D eigenvalue weighted by Gasteiger charge is 2.34. The topological polar surface area (TPSA) is 148 Å². The van der Waals surface area contributed by atoms with Gasteiger partial charge in [0.25, 0.3) is 5.91 Å². The van der Waals surface area contributed by atoms with E-state index in [-0.39, 0.29) is 39.7 Å². The van der Waals surface area contributed by atoms with E-state index in [1.54, 1.807) is 4.90 Å². The van der Waals surface area contributed by atoms with Gasteiger partial charge in [-0.25, -0.2) is 13.2 Å². The van der Waals surface area contributed by atoms with E-state index in [9.17, 15) is 33.2 Å². The molecule has 3 rings (SSSR count). The number of hydrogen-bond acceptors (Lipinski definition) is 6. The number of carbonyl (C=O) groups excluding carboxylic acids is 2. The summed E-state index contributed by atoms with van der Waals surface area (Å²) in [5.74, 6) is -2.44. The number of carboxylic acids is 1. The summed E-state index contributed by atoms with van der Waals surface area (Å²) in [5.41, 5.74) is -0.292. The zero-order valence-corrected chi connectivity index (χ0v) is 20.9. The van der Waals surface area contributed by atoms with Crippen LogP contribution < -0.4 is 5.32 Å². The van der Waals surface area contributed by atoms with Crippen molar-refractivity contribution in [1.82, 2.24) is 9.21 Å². The molecule has 1 fully saturated rings. The second-order valence-electron chi connectivity index (χ2n) is 8.34. The Kier molecular flexibility index (Phi) is 8.45. The largest absolute Gasteiger partial charge is 0.478 e. The molecule has 0 saturated carbocycles. The quantitative estimate of drug-likeness (QED) is 0.552. The molecule has 0 radical (unpaired) electrons. The summed E-state index contributed by atoms with van der Waals surface area (Å²) in [5, 5.41) is 21.1. The molecule has 36 heavy (non-hydrogen) atoms. The number of nitriles is 1. The molecule has 0 bridgehead atoms. The highest BCUT2D eigenvalue weighted by atomic mass is 32.2. The Morgan fingerprint density at radius 2 is 1.81 bits per heavy atom. The smallest absolute Gasteiger partial charge is 0.337 e. The van der Waals surface area contributed by atoms with Gasteiger partial charge in [-0.05, 0) is 63.1 Å². The van der Waals surface area contributed by atoms with Crippen molar-refractivity contribution in [3.63, 3.8) is 0 Å². The number of aromatic carboxylic acids is 1. The first-order chi connectivity index (χ1) is 17.1. The Hall–Kier alpha value is -3.75. The fraction of sp³-hybridized carbons (Fsp3) is 0.360. The van der Waals surface area contributed by atoms with Gasteiger partial charge in [-0.1, -0.05) is 6.07 Å². The van der Waals surface area contributed by atoms with E-state index >= 15 is 0 Å². The summed E-state index contributed by atoms with van der Waals surface area (Å²) in [7, 11) is -3.89. The number of carbonyl (C=O) groups is 3.